The van der Waals surface area contributed by atoms with Gasteiger partial charge in [0, 0.05) is 41.4 Å². The Kier molecular flexibility index (Phi) is 4.31. The maximum absolute atomic E-state index is 9.93. The van der Waals surface area contributed by atoms with Crippen molar-refractivity contribution in [3.8, 4) is 28.3 Å². The van der Waals surface area contributed by atoms with Crippen molar-refractivity contribution in [2.24, 2.45) is 12.8 Å². The lowest BCUT2D eigenvalue weighted by atomic mass is 10.0. The summed E-state index contributed by atoms with van der Waals surface area (Å²) >= 11 is 0. The molecule has 0 amide bonds. The minimum Gasteiger partial charge on any atom is -0.496 e. The van der Waals surface area contributed by atoms with Crippen molar-refractivity contribution in [2.75, 3.05) is 7.11 Å². The van der Waals surface area contributed by atoms with Gasteiger partial charge in [0.1, 0.15) is 24.0 Å². The molecule has 0 aliphatic rings. The van der Waals surface area contributed by atoms with Gasteiger partial charge < -0.3 is 15.6 Å². The standard InChI is InChI=1S/C20H19N5O2/c1-25-10-15(18(24-25)12-6-4-3-5-7-12)19-13-8-14(20(21)26)17(27-2)9-16(13)22-11-23-19/h3-11,20,26H,21H2,1-2H3/t20-/m1/s1. The fourth-order valence-corrected chi connectivity index (χ4v) is 3.19. The van der Waals surface area contributed by atoms with Crippen molar-refractivity contribution in [2.45, 2.75) is 6.23 Å². The molecule has 3 N–H and O–H groups in total. The first-order chi connectivity index (χ1) is 13.1. The smallest absolute Gasteiger partial charge is 0.132 e. The van der Waals surface area contributed by atoms with Gasteiger partial charge in [-0.3, -0.25) is 4.68 Å². The first-order valence-corrected chi connectivity index (χ1v) is 8.44. The highest BCUT2D eigenvalue weighted by atomic mass is 16.5. The minimum atomic E-state index is -1.17. The fourth-order valence-electron chi connectivity index (χ4n) is 3.19. The van der Waals surface area contributed by atoms with Crippen LogP contribution in [-0.4, -0.2) is 32.0 Å². The lowest BCUT2D eigenvalue weighted by Gasteiger charge is -2.13. The van der Waals surface area contributed by atoms with Gasteiger partial charge >= 0.3 is 0 Å². The summed E-state index contributed by atoms with van der Waals surface area (Å²) in [6.45, 7) is 0. The molecular weight excluding hydrogens is 342 g/mol. The van der Waals surface area contributed by atoms with Gasteiger partial charge in [-0.05, 0) is 6.07 Å². The SMILES string of the molecule is COc1cc2ncnc(-c3cn(C)nc3-c3ccccc3)c2cc1[C@H](N)O. The Morgan fingerprint density at radius 3 is 2.59 bits per heavy atom. The second-order valence-corrected chi connectivity index (χ2v) is 6.21. The summed E-state index contributed by atoms with van der Waals surface area (Å²) in [5.41, 5.74) is 10.3. The third kappa shape index (κ3) is 3.03. The molecule has 136 valence electrons. The molecule has 27 heavy (non-hydrogen) atoms. The number of aryl methyl sites for hydroxylation is 1. The molecule has 0 spiro atoms. The van der Waals surface area contributed by atoms with E-state index in [0.717, 1.165) is 27.9 Å². The van der Waals surface area contributed by atoms with E-state index in [1.54, 1.807) is 16.8 Å². The normalized spacial score (nSPS) is 12.3. The Labute approximate surface area is 156 Å². The Morgan fingerprint density at radius 1 is 1.11 bits per heavy atom. The van der Waals surface area contributed by atoms with Gasteiger partial charge in [0.2, 0.25) is 0 Å². The summed E-state index contributed by atoms with van der Waals surface area (Å²) in [6.07, 6.45) is 2.27. The molecule has 2 heterocycles. The van der Waals surface area contributed by atoms with Crippen LogP contribution in [0.5, 0.6) is 5.75 Å². The molecule has 0 aliphatic carbocycles. The largest absolute Gasteiger partial charge is 0.496 e. The average molecular weight is 361 g/mol. The third-order valence-electron chi connectivity index (χ3n) is 4.44. The van der Waals surface area contributed by atoms with E-state index in [4.69, 9.17) is 10.5 Å². The molecule has 0 saturated carbocycles. The molecule has 0 bridgehead atoms. The summed E-state index contributed by atoms with van der Waals surface area (Å²) in [5.74, 6) is 0.483. The second kappa shape index (κ2) is 6.79. The zero-order valence-electron chi connectivity index (χ0n) is 15.0. The van der Waals surface area contributed by atoms with Crippen LogP contribution >= 0.6 is 0 Å². The van der Waals surface area contributed by atoms with Crippen molar-refractivity contribution in [3.63, 3.8) is 0 Å². The zero-order valence-corrected chi connectivity index (χ0v) is 15.0. The van der Waals surface area contributed by atoms with Crippen LogP contribution in [0.4, 0.5) is 0 Å². The number of methoxy groups -OCH3 is 1. The van der Waals surface area contributed by atoms with Gasteiger partial charge in [0.15, 0.2) is 0 Å². The second-order valence-electron chi connectivity index (χ2n) is 6.21. The van der Waals surface area contributed by atoms with E-state index in [-0.39, 0.29) is 0 Å². The maximum Gasteiger partial charge on any atom is 0.132 e. The Balaban J connectivity index is 1.99. The molecule has 0 unspecified atom stereocenters. The Hall–Kier alpha value is -3.29. The molecule has 0 radical (unpaired) electrons. The molecule has 4 aromatic rings. The van der Waals surface area contributed by atoms with E-state index in [2.05, 4.69) is 15.1 Å². The van der Waals surface area contributed by atoms with E-state index in [1.165, 1.54) is 13.4 Å². The first-order valence-electron chi connectivity index (χ1n) is 8.44. The predicted molar refractivity (Wildman–Crippen MR) is 103 cm³/mol. The quantitative estimate of drug-likeness (QED) is 0.542. The number of benzene rings is 2. The van der Waals surface area contributed by atoms with Gasteiger partial charge in [-0.1, -0.05) is 30.3 Å². The van der Waals surface area contributed by atoms with Crippen LogP contribution in [0.25, 0.3) is 33.4 Å². The van der Waals surface area contributed by atoms with E-state index in [1.807, 2.05) is 43.6 Å². The van der Waals surface area contributed by atoms with Crippen molar-refractivity contribution >= 4 is 10.9 Å². The van der Waals surface area contributed by atoms with Gasteiger partial charge in [-0.2, -0.15) is 5.10 Å². The van der Waals surface area contributed by atoms with Crippen molar-refractivity contribution in [3.05, 3.63) is 60.6 Å². The maximum atomic E-state index is 9.93. The molecule has 7 nitrogen and oxygen atoms in total. The van der Waals surface area contributed by atoms with E-state index >= 15 is 0 Å². The molecule has 2 aromatic carbocycles. The van der Waals surface area contributed by atoms with E-state index in [9.17, 15) is 5.11 Å². The van der Waals surface area contributed by atoms with Crippen LogP contribution in [-0.2, 0) is 7.05 Å². The summed E-state index contributed by atoms with van der Waals surface area (Å²) in [7, 11) is 3.40. The van der Waals surface area contributed by atoms with Gasteiger partial charge in [-0.15, -0.1) is 0 Å². The van der Waals surface area contributed by atoms with Gasteiger partial charge in [0.25, 0.3) is 0 Å². The lowest BCUT2D eigenvalue weighted by molar-refractivity contribution is 0.182. The number of aromatic nitrogens is 4. The van der Waals surface area contributed by atoms with Gasteiger partial charge in [0.05, 0.1) is 18.3 Å². The number of hydrogen-bond donors (Lipinski definition) is 2. The number of rotatable bonds is 4. The number of fused-ring (bicyclic) bond motifs is 1. The summed E-state index contributed by atoms with van der Waals surface area (Å²) < 4.78 is 7.10. The summed E-state index contributed by atoms with van der Waals surface area (Å²) in [5, 5.41) is 15.3. The highest BCUT2D eigenvalue weighted by Crippen LogP contribution is 2.36. The average Bonchev–Trinajstić information content (AvgIpc) is 3.08. The Bertz CT molecular complexity index is 1110. The number of aliphatic hydroxyl groups excluding tert-OH is 1. The van der Waals surface area contributed by atoms with Crippen molar-refractivity contribution < 1.29 is 9.84 Å². The van der Waals surface area contributed by atoms with E-state index < -0.39 is 6.23 Å². The topological polar surface area (TPSA) is 99.1 Å². The molecule has 7 heteroatoms. The van der Waals surface area contributed by atoms with Gasteiger partial charge in [-0.25, -0.2) is 9.97 Å². The zero-order chi connectivity index (χ0) is 19.0. The summed E-state index contributed by atoms with van der Waals surface area (Å²) in [4.78, 5) is 8.85. The number of hydrogen-bond acceptors (Lipinski definition) is 6. The number of nitrogens with zero attached hydrogens (tertiary/aromatic N) is 4. The monoisotopic (exact) mass is 361 g/mol. The summed E-state index contributed by atoms with van der Waals surface area (Å²) in [6, 6.07) is 13.5. The van der Waals surface area contributed by atoms with Crippen LogP contribution in [0.3, 0.4) is 0 Å². The molecule has 1 atom stereocenters. The lowest BCUT2D eigenvalue weighted by Crippen LogP contribution is -2.10. The highest BCUT2D eigenvalue weighted by Gasteiger charge is 2.19. The minimum absolute atomic E-state index is 0.478. The van der Waals surface area contributed by atoms with Crippen LogP contribution in [0, 0.1) is 0 Å². The molecule has 0 fully saturated rings. The molecule has 4 rings (SSSR count). The molecule has 0 saturated heterocycles. The van der Waals surface area contributed by atoms with Crippen LogP contribution in [0.15, 0.2) is 55.0 Å². The van der Waals surface area contributed by atoms with Crippen molar-refractivity contribution in [1.29, 1.82) is 0 Å². The molecular formula is C20H19N5O2. The number of ether oxygens (including phenoxy) is 1. The van der Waals surface area contributed by atoms with Crippen molar-refractivity contribution in [1.82, 2.24) is 19.7 Å². The van der Waals surface area contributed by atoms with E-state index in [0.29, 0.717) is 16.8 Å². The molecule has 0 aliphatic heterocycles. The molecule has 2 aromatic heterocycles. The number of aliphatic hydroxyl groups is 1. The number of nitrogens with two attached hydrogens (primary N) is 1. The third-order valence-corrected chi connectivity index (χ3v) is 4.44. The highest BCUT2D eigenvalue weighted by molar-refractivity contribution is 5.96. The fraction of sp³-hybridized carbons (Fsp3) is 0.150. The van der Waals surface area contributed by atoms with Crippen LogP contribution in [0.2, 0.25) is 0 Å². The predicted octanol–water partition coefficient (Wildman–Crippen LogP) is 2.66. The van der Waals surface area contributed by atoms with Crippen LogP contribution < -0.4 is 10.5 Å². The van der Waals surface area contributed by atoms with Crippen LogP contribution in [0.1, 0.15) is 11.8 Å². The first kappa shape index (κ1) is 17.1. The Morgan fingerprint density at radius 2 is 1.89 bits per heavy atom.